The minimum atomic E-state index is -1.71. The predicted octanol–water partition coefficient (Wildman–Crippen LogP) is 0.212. The third kappa shape index (κ3) is 39.0. The van der Waals surface area contributed by atoms with Crippen LogP contribution in [-0.2, 0) is 19.5 Å². The normalized spacial score (nSPS) is 7.20. The number of hydrogen-bond donors (Lipinski definition) is 3. The molecule has 0 amide bonds. The smallest absolute Gasteiger partial charge is 0.219 e. The van der Waals surface area contributed by atoms with Gasteiger partial charge in [-0.15, -0.1) is 0 Å². The topological polar surface area (TPSA) is 52.5 Å². The molecule has 0 aromatic rings. The molecule has 0 aromatic carbocycles. The van der Waals surface area contributed by atoms with Crippen LogP contribution >= 0.6 is 0 Å². The largest absolute Gasteiger partial charge is 0.358 e. The molecule has 4 heteroatoms. The van der Waals surface area contributed by atoms with Crippen molar-refractivity contribution in [3.8, 4) is 0 Å². The van der Waals surface area contributed by atoms with E-state index >= 15 is 0 Å². The van der Waals surface area contributed by atoms with Crippen LogP contribution in [-0.4, -0.2) is 23.2 Å². The zero-order valence-electron chi connectivity index (χ0n) is 7.60. The Morgan fingerprint density at radius 1 is 1.10 bits per heavy atom. The second kappa shape index (κ2) is 12.2. The maximum absolute atomic E-state index is 8.27. The Balaban J connectivity index is -0.0000000208. The van der Waals surface area contributed by atoms with Gasteiger partial charge in [-0.25, -0.2) is 0 Å². The molecule has 0 atom stereocenters. The maximum Gasteiger partial charge on any atom is 0.219 e. The fourth-order valence-electron chi connectivity index (χ4n) is 0. The number of rotatable bonds is 1. The van der Waals surface area contributed by atoms with Gasteiger partial charge >= 0.3 is 0 Å². The van der Waals surface area contributed by atoms with Gasteiger partial charge in [-0.2, -0.15) is 0 Å². The van der Waals surface area contributed by atoms with Gasteiger partial charge in [0.25, 0.3) is 0 Å². The summed E-state index contributed by atoms with van der Waals surface area (Å²) in [5.41, 5.74) is 0. The second-order valence-electron chi connectivity index (χ2n) is 1.27. The summed E-state index contributed by atoms with van der Waals surface area (Å²) in [4.78, 5) is 0. The minimum absolute atomic E-state index is 0. The molecular formula is C6H18NO2Zn-3. The molecule has 0 radical (unpaired) electrons. The van der Waals surface area contributed by atoms with Gasteiger partial charge in [0.05, 0.1) is 0 Å². The van der Waals surface area contributed by atoms with Gasteiger partial charge in [-0.3, -0.25) is 5.32 Å². The average molecular weight is 202 g/mol. The van der Waals surface area contributed by atoms with Crippen LogP contribution in [0.15, 0.2) is 0 Å². The van der Waals surface area contributed by atoms with Crippen LogP contribution in [0.5, 0.6) is 0 Å². The summed E-state index contributed by atoms with van der Waals surface area (Å²) in [5.74, 6) is -1.71. The molecule has 0 saturated heterocycles. The summed E-state index contributed by atoms with van der Waals surface area (Å²) in [7, 11) is 1.46. The molecule has 0 aromatic heterocycles. The van der Waals surface area contributed by atoms with Crippen LogP contribution in [0.3, 0.4) is 0 Å². The summed E-state index contributed by atoms with van der Waals surface area (Å²) in [6.07, 6.45) is 0. The molecule has 64 valence electrons. The first-order valence-electron chi connectivity index (χ1n) is 1.70. The summed E-state index contributed by atoms with van der Waals surface area (Å²) in [6.45, 7) is 1.24. The average Bonchev–Trinajstić information content (AvgIpc) is 1.35. The van der Waals surface area contributed by atoms with E-state index in [1.807, 2.05) is 0 Å². The van der Waals surface area contributed by atoms with E-state index in [2.05, 4.69) is 5.32 Å². The summed E-state index contributed by atoms with van der Waals surface area (Å²) >= 11 is 0. The van der Waals surface area contributed by atoms with Crippen molar-refractivity contribution in [2.24, 2.45) is 0 Å². The second-order valence-corrected chi connectivity index (χ2v) is 1.27. The van der Waals surface area contributed by atoms with E-state index in [1.54, 1.807) is 0 Å². The summed E-state index contributed by atoms with van der Waals surface area (Å²) in [6, 6.07) is 0. The number of hydrogen-bond acceptors (Lipinski definition) is 3. The minimum Gasteiger partial charge on any atom is -0.358 e. The third-order valence-electron chi connectivity index (χ3n) is 0.474. The Morgan fingerprint density at radius 2 is 1.20 bits per heavy atom. The van der Waals surface area contributed by atoms with Gasteiger partial charge in [0, 0.05) is 26.4 Å². The van der Waals surface area contributed by atoms with Crippen molar-refractivity contribution in [1.82, 2.24) is 5.32 Å². The maximum atomic E-state index is 8.27. The van der Waals surface area contributed by atoms with Gasteiger partial charge in [-0.1, -0.05) is 0 Å². The third-order valence-corrected chi connectivity index (χ3v) is 0.474. The molecule has 0 heterocycles. The predicted molar refractivity (Wildman–Crippen MR) is 41.1 cm³/mol. The Kier molecular flexibility index (Phi) is 38.2. The molecule has 0 bridgehead atoms. The van der Waals surface area contributed by atoms with Crippen molar-refractivity contribution in [3.05, 3.63) is 22.3 Å². The van der Waals surface area contributed by atoms with Gasteiger partial charge in [-0.05, 0) is 7.05 Å². The molecule has 0 fully saturated rings. The van der Waals surface area contributed by atoms with E-state index in [4.69, 9.17) is 10.2 Å². The molecule has 0 spiro atoms. The van der Waals surface area contributed by atoms with Crippen molar-refractivity contribution in [1.29, 1.82) is 0 Å². The first kappa shape index (κ1) is 31.3. The number of nitrogens with one attached hydrogen (secondary N) is 1. The molecule has 3 N–H and O–H groups in total. The molecule has 0 aliphatic carbocycles. The Hall–Kier alpha value is 0.503. The van der Waals surface area contributed by atoms with Crippen LogP contribution in [0.1, 0.15) is 6.92 Å². The number of aliphatic hydroxyl groups is 2. The van der Waals surface area contributed by atoms with Crippen molar-refractivity contribution in [2.75, 3.05) is 7.05 Å². The van der Waals surface area contributed by atoms with Crippen molar-refractivity contribution < 1.29 is 29.7 Å². The van der Waals surface area contributed by atoms with Crippen LogP contribution in [0.2, 0.25) is 0 Å². The fourth-order valence-corrected chi connectivity index (χ4v) is 0. The van der Waals surface area contributed by atoms with Gasteiger partial charge < -0.3 is 32.5 Å². The van der Waals surface area contributed by atoms with Crippen molar-refractivity contribution in [2.45, 2.75) is 12.8 Å². The monoisotopic (exact) mass is 200 g/mol. The molecule has 10 heavy (non-hydrogen) atoms. The first-order chi connectivity index (χ1) is 2.56. The van der Waals surface area contributed by atoms with Gasteiger partial charge in [0.15, 0.2) is 0 Å². The zero-order chi connectivity index (χ0) is 5.21. The Labute approximate surface area is 77.6 Å². The van der Waals surface area contributed by atoms with E-state index in [1.165, 1.54) is 14.0 Å². The molecule has 0 aliphatic rings. The summed E-state index contributed by atoms with van der Waals surface area (Å²) in [5, 5.41) is 18.8. The molecule has 0 saturated carbocycles. The molecule has 0 unspecified atom stereocenters. The van der Waals surface area contributed by atoms with E-state index in [-0.39, 0.29) is 41.8 Å². The van der Waals surface area contributed by atoms with Crippen LogP contribution < -0.4 is 5.32 Å². The zero-order valence-corrected chi connectivity index (χ0v) is 10.6. The van der Waals surface area contributed by atoms with Gasteiger partial charge in [0.1, 0.15) is 0 Å². The molecular weight excluding hydrogens is 183 g/mol. The van der Waals surface area contributed by atoms with Crippen molar-refractivity contribution >= 4 is 0 Å². The first-order valence-corrected chi connectivity index (χ1v) is 1.70. The van der Waals surface area contributed by atoms with E-state index in [9.17, 15) is 0 Å². The fraction of sp³-hybridized carbons (Fsp3) is 0.500. The van der Waals surface area contributed by atoms with Crippen LogP contribution in [0, 0.1) is 22.3 Å². The van der Waals surface area contributed by atoms with E-state index in [0.29, 0.717) is 0 Å². The van der Waals surface area contributed by atoms with Gasteiger partial charge in [0.2, 0.25) is 5.91 Å². The molecule has 3 nitrogen and oxygen atoms in total. The molecule has 0 rings (SSSR count). The Morgan fingerprint density at radius 3 is 1.20 bits per heavy atom. The SMILES string of the molecule is CNC(C)(O)O.[CH3-].[CH3-].[CH3-].[Zn]. The van der Waals surface area contributed by atoms with Crippen LogP contribution in [0.25, 0.3) is 0 Å². The summed E-state index contributed by atoms with van der Waals surface area (Å²) < 4.78 is 0. The van der Waals surface area contributed by atoms with E-state index < -0.39 is 5.91 Å². The quantitative estimate of drug-likeness (QED) is 0.323. The molecule has 0 aliphatic heterocycles. The van der Waals surface area contributed by atoms with Crippen molar-refractivity contribution in [3.63, 3.8) is 0 Å². The van der Waals surface area contributed by atoms with E-state index in [0.717, 1.165) is 0 Å². The van der Waals surface area contributed by atoms with Crippen LogP contribution in [0.4, 0.5) is 0 Å². The standard InChI is InChI=1S/C3H9NO2.3CH3.Zn/c1-3(5,6)4-2;;;;/h4-6H,1-2H3;3*1H3;/q;3*-1;. The Bertz CT molecular complexity index is 45.5.